The average Bonchev–Trinajstić information content (AvgIpc) is 2.29. The molecule has 0 spiro atoms. The van der Waals surface area contributed by atoms with Gasteiger partial charge in [-0.25, -0.2) is 4.79 Å². The van der Waals surface area contributed by atoms with Crippen molar-refractivity contribution in [2.75, 3.05) is 26.2 Å². The first-order valence-corrected chi connectivity index (χ1v) is 6.88. The molecular formula is C13H29IN4O2. The van der Waals surface area contributed by atoms with Crippen molar-refractivity contribution in [1.82, 2.24) is 16.0 Å². The number of alkyl carbamates (subject to hydrolysis) is 1. The van der Waals surface area contributed by atoms with E-state index in [2.05, 4.69) is 27.9 Å². The summed E-state index contributed by atoms with van der Waals surface area (Å²) < 4.78 is 5.13. The number of amides is 1. The van der Waals surface area contributed by atoms with E-state index in [1.54, 1.807) is 0 Å². The lowest BCUT2D eigenvalue weighted by atomic mass is 10.2. The Hall–Kier alpha value is -0.730. The van der Waals surface area contributed by atoms with E-state index >= 15 is 0 Å². The summed E-state index contributed by atoms with van der Waals surface area (Å²) in [5.74, 6) is 0.773. The molecule has 6 nitrogen and oxygen atoms in total. The van der Waals surface area contributed by atoms with Crippen LogP contribution < -0.4 is 16.0 Å². The monoisotopic (exact) mass is 400 g/mol. The Bertz CT molecular complexity index is 291. The van der Waals surface area contributed by atoms with Gasteiger partial charge in [0.25, 0.3) is 0 Å². The third-order valence-corrected chi connectivity index (χ3v) is 1.92. The van der Waals surface area contributed by atoms with Crippen LogP contribution in [0.1, 0.15) is 41.0 Å². The summed E-state index contributed by atoms with van der Waals surface area (Å²) in [6.45, 7) is 12.3. The first-order chi connectivity index (χ1) is 8.89. The topological polar surface area (TPSA) is 74.8 Å². The Balaban J connectivity index is 0. The maximum Gasteiger partial charge on any atom is 0.407 e. The van der Waals surface area contributed by atoms with Gasteiger partial charge in [-0.1, -0.05) is 6.92 Å². The molecule has 0 fully saturated rings. The van der Waals surface area contributed by atoms with Crippen molar-refractivity contribution in [3.63, 3.8) is 0 Å². The van der Waals surface area contributed by atoms with Gasteiger partial charge in [0.05, 0.1) is 0 Å². The smallest absolute Gasteiger partial charge is 0.407 e. The minimum Gasteiger partial charge on any atom is -0.444 e. The van der Waals surface area contributed by atoms with Crippen LogP contribution in [0.25, 0.3) is 0 Å². The summed E-state index contributed by atoms with van der Waals surface area (Å²) in [4.78, 5) is 15.8. The van der Waals surface area contributed by atoms with Gasteiger partial charge in [0.15, 0.2) is 5.96 Å². The minimum atomic E-state index is -0.463. The molecule has 0 aliphatic carbocycles. The summed E-state index contributed by atoms with van der Waals surface area (Å²) in [5, 5.41) is 8.97. The molecule has 0 aromatic heterocycles. The molecule has 0 bridgehead atoms. The Morgan fingerprint density at radius 3 is 2.20 bits per heavy atom. The van der Waals surface area contributed by atoms with E-state index in [1.807, 2.05) is 27.7 Å². The van der Waals surface area contributed by atoms with Gasteiger partial charge in [-0.15, -0.1) is 24.0 Å². The fourth-order valence-electron chi connectivity index (χ4n) is 1.22. The molecular weight excluding hydrogens is 371 g/mol. The van der Waals surface area contributed by atoms with Gasteiger partial charge in [-0.2, -0.15) is 0 Å². The highest BCUT2D eigenvalue weighted by Gasteiger charge is 2.15. The number of rotatable bonds is 6. The number of guanidine groups is 1. The van der Waals surface area contributed by atoms with Gasteiger partial charge in [-0.05, 0) is 34.1 Å². The van der Waals surface area contributed by atoms with Crippen LogP contribution in [0, 0.1) is 0 Å². The van der Waals surface area contributed by atoms with E-state index < -0.39 is 11.7 Å². The van der Waals surface area contributed by atoms with Crippen molar-refractivity contribution in [2.45, 2.75) is 46.6 Å². The van der Waals surface area contributed by atoms with Gasteiger partial charge in [0.1, 0.15) is 5.60 Å². The highest BCUT2D eigenvalue weighted by molar-refractivity contribution is 14.0. The predicted molar refractivity (Wildman–Crippen MR) is 93.9 cm³/mol. The molecule has 0 atom stereocenters. The molecule has 0 unspecified atom stereocenters. The first-order valence-electron chi connectivity index (χ1n) is 6.88. The van der Waals surface area contributed by atoms with Crippen molar-refractivity contribution in [2.24, 2.45) is 4.99 Å². The highest BCUT2D eigenvalue weighted by atomic mass is 127. The fourth-order valence-corrected chi connectivity index (χ4v) is 1.22. The molecule has 0 radical (unpaired) electrons. The Morgan fingerprint density at radius 2 is 1.70 bits per heavy atom. The first kappa shape index (κ1) is 21.6. The number of carbonyl (C=O) groups is 1. The average molecular weight is 400 g/mol. The number of ether oxygens (including phenoxy) is 1. The number of aliphatic imine (C=N–C) groups is 1. The summed E-state index contributed by atoms with van der Waals surface area (Å²) in [6, 6.07) is 0. The zero-order chi connectivity index (χ0) is 14.7. The van der Waals surface area contributed by atoms with Gasteiger partial charge in [0.2, 0.25) is 0 Å². The molecule has 3 N–H and O–H groups in total. The number of hydrogen-bond donors (Lipinski definition) is 3. The second kappa shape index (κ2) is 12.0. The second-order valence-electron chi connectivity index (χ2n) is 5.12. The van der Waals surface area contributed by atoms with Gasteiger partial charge in [0, 0.05) is 26.2 Å². The Morgan fingerprint density at radius 1 is 1.10 bits per heavy atom. The molecule has 0 heterocycles. The largest absolute Gasteiger partial charge is 0.444 e. The predicted octanol–water partition coefficient (Wildman–Crippen LogP) is 2.09. The lowest BCUT2D eigenvalue weighted by Gasteiger charge is -2.19. The SMILES string of the molecule is CCCN=C(NCC)NCCNC(=O)OC(C)(C)C.I. The summed E-state index contributed by atoms with van der Waals surface area (Å²) >= 11 is 0. The molecule has 0 aliphatic rings. The lowest BCUT2D eigenvalue weighted by molar-refractivity contribution is 0.0529. The van der Waals surface area contributed by atoms with Crippen molar-refractivity contribution in [3.8, 4) is 0 Å². The molecule has 0 aromatic carbocycles. The van der Waals surface area contributed by atoms with Gasteiger partial charge < -0.3 is 20.7 Å². The van der Waals surface area contributed by atoms with Crippen LogP contribution in [-0.4, -0.2) is 43.8 Å². The molecule has 0 aliphatic heterocycles. The number of nitrogens with one attached hydrogen (secondary N) is 3. The zero-order valence-corrected chi connectivity index (χ0v) is 15.5. The van der Waals surface area contributed by atoms with E-state index in [-0.39, 0.29) is 24.0 Å². The quantitative estimate of drug-likeness (QED) is 0.276. The second-order valence-corrected chi connectivity index (χ2v) is 5.12. The molecule has 1 amide bonds. The molecule has 20 heavy (non-hydrogen) atoms. The number of nitrogens with zero attached hydrogens (tertiary/aromatic N) is 1. The van der Waals surface area contributed by atoms with Crippen LogP contribution in [0.4, 0.5) is 4.79 Å². The van der Waals surface area contributed by atoms with E-state index in [0.29, 0.717) is 13.1 Å². The van der Waals surface area contributed by atoms with E-state index in [4.69, 9.17) is 4.74 Å². The molecule has 0 saturated heterocycles. The van der Waals surface area contributed by atoms with Crippen LogP contribution in [0.3, 0.4) is 0 Å². The molecule has 120 valence electrons. The summed E-state index contributed by atoms with van der Waals surface area (Å²) in [6.07, 6.45) is 0.608. The highest BCUT2D eigenvalue weighted by Crippen LogP contribution is 2.05. The van der Waals surface area contributed by atoms with Crippen molar-refractivity contribution < 1.29 is 9.53 Å². The molecule has 0 rings (SSSR count). The van der Waals surface area contributed by atoms with Crippen LogP contribution in [0.5, 0.6) is 0 Å². The Kier molecular flexibility index (Phi) is 13.0. The molecule has 0 aromatic rings. The van der Waals surface area contributed by atoms with Crippen molar-refractivity contribution in [3.05, 3.63) is 0 Å². The van der Waals surface area contributed by atoms with E-state index in [1.165, 1.54) is 0 Å². The van der Waals surface area contributed by atoms with Crippen LogP contribution >= 0.6 is 24.0 Å². The molecule has 7 heteroatoms. The van der Waals surface area contributed by atoms with Gasteiger partial charge in [-0.3, -0.25) is 4.99 Å². The Labute approximate surface area is 139 Å². The summed E-state index contributed by atoms with van der Waals surface area (Å²) in [7, 11) is 0. The van der Waals surface area contributed by atoms with Gasteiger partial charge >= 0.3 is 6.09 Å². The normalized spacial score (nSPS) is 11.3. The number of halogens is 1. The van der Waals surface area contributed by atoms with E-state index in [0.717, 1.165) is 25.5 Å². The standard InChI is InChI=1S/C13H28N4O2.HI/c1-6-8-15-11(14-7-2)16-9-10-17-12(18)19-13(3,4)5;/h6-10H2,1-5H3,(H,17,18)(H2,14,15,16);1H. The van der Waals surface area contributed by atoms with E-state index in [9.17, 15) is 4.79 Å². The third kappa shape index (κ3) is 13.7. The van der Waals surface area contributed by atoms with Crippen LogP contribution in [0.2, 0.25) is 0 Å². The van der Waals surface area contributed by atoms with Crippen LogP contribution in [-0.2, 0) is 4.74 Å². The maximum atomic E-state index is 11.4. The van der Waals surface area contributed by atoms with Crippen molar-refractivity contribution >= 4 is 36.0 Å². The molecule has 0 saturated carbocycles. The number of carbonyl (C=O) groups excluding carboxylic acids is 1. The van der Waals surface area contributed by atoms with Crippen molar-refractivity contribution in [1.29, 1.82) is 0 Å². The third-order valence-electron chi connectivity index (χ3n) is 1.92. The fraction of sp³-hybridized carbons (Fsp3) is 0.846. The van der Waals surface area contributed by atoms with Crippen LogP contribution in [0.15, 0.2) is 4.99 Å². The number of hydrogen-bond acceptors (Lipinski definition) is 3. The lowest BCUT2D eigenvalue weighted by Crippen LogP contribution is -2.42. The maximum absolute atomic E-state index is 11.4. The zero-order valence-electron chi connectivity index (χ0n) is 13.2. The minimum absolute atomic E-state index is 0. The summed E-state index contributed by atoms with van der Waals surface area (Å²) in [5.41, 5.74) is -0.463.